The summed E-state index contributed by atoms with van der Waals surface area (Å²) in [5.41, 5.74) is 0. The summed E-state index contributed by atoms with van der Waals surface area (Å²) in [6, 6.07) is 0. The summed E-state index contributed by atoms with van der Waals surface area (Å²) in [6.45, 7) is 3.15. The van der Waals surface area contributed by atoms with Crippen molar-refractivity contribution in [2.45, 2.75) is 198 Å². The summed E-state index contributed by atoms with van der Waals surface area (Å²) in [4.78, 5) is 35.1. The van der Waals surface area contributed by atoms with Crippen molar-refractivity contribution >= 4 is 19.8 Å². The smallest absolute Gasteiger partial charge is 0.462 e. The molecule has 6 N–H and O–H groups in total. The van der Waals surface area contributed by atoms with Gasteiger partial charge in [0.1, 0.15) is 43.2 Å². The van der Waals surface area contributed by atoms with Crippen LogP contribution in [0, 0.1) is 0 Å². The minimum atomic E-state index is -5.09. The fourth-order valence-corrected chi connectivity index (χ4v) is 6.79. The first-order valence-electron chi connectivity index (χ1n) is 18.8. The van der Waals surface area contributed by atoms with Crippen LogP contribution in [0.25, 0.3) is 0 Å². The van der Waals surface area contributed by atoms with E-state index in [-0.39, 0.29) is 12.8 Å². The first kappa shape index (κ1) is 45.9. The molecule has 0 aliphatic heterocycles. The van der Waals surface area contributed by atoms with E-state index in [1.165, 1.54) is 70.6 Å². The number of carbonyl (C=O) groups is 2. The summed E-state index contributed by atoms with van der Waals surface area (Å²) in [5, 5.41) is 49.7. The third-order valence-electron chi connectivity index (χ3n) is 8.95. The first-order valence-corrected chi connectivity index (χ1v) is 20.3. The molecule has 49 heavy (non-hydrogen) atoms. The normalized spacial score (nSPS) is 24.3. The van der Waals surface area contributed by atoms with Crippen LogP contribution >= 0.6 is 7.82 Å². The summed E-state index contributed by atoms with van der Waals surface area (Å²) in [5.74, 6) is -1.11. The Hall–Kier alpha value is -1.15. The van der Waals surface area contributed by atoms with Crippen LogP contribution in [0.2, 0.25) is 0 Å². The lowest BCUT2D eigenvalue weighted by Crippen LogP contribution is -2.64. The Balaban J connectivity index is 2.44. The molecule has 0 saturated heterocycles. The van der Waals surface area contributed by atoms with Crippen molar-refractivity contribution in [3.63, 3.8) is 0 Å². The molecule has 0 bridgehead atoms. The van der Waals surface area contributed by atoms with Gasteiger partial charge in [-0.15, -0.1) is 0 Å². The van der Waals surface area contributed by atoms with E-state index in [0.29, 0.717) is 12.8 Å². The fourth-order valence-electron chi connectivity index (χ4n) is 5.82. The van der Waals surface area contributed by atoms with E-state index in [2.05, 4.69) is 13.8 Å². The predicted molar refractivity (Wildman–Crippen MR) is 184 cm³/mol. The molecule has 0 aromatic rings. The lowest BCUT2D eigenvalue weighted by Gasteiger charge is -2.41. The van der Waals surface area contributed by atoms with Crippen molar-refractivity contribution in [2.75, 3.05) is 13.2 Å². The van der Waals surface area contributed by atoms with Crippen LogP contribution in [0.1, 0.15) is 155 Å². The maximum absolute atomic E-state index is 12.7. The highest BCUT2D eigenvalue weighted by Gasteiger charge is 2.51. The number of hydrogen-bond donors (Lipinski definition) is 6. The lowest BCUT2D eigenvalue weighted by atomic mass is 9.85. The number of ether oxygens (including phenoxy) is 2. The summed E-state index contributed by atoms with van der Waals surface area (Å²) in [7, 11) is -5.09. The summed E-state index contributed by atoms with van der Waals surface area (Å²) < 4.78 is 33.1. The summed E-state index contributed by atoms with van der Waals surface area (Å²) in [6.07, 6.45) is 9.63. The molecular formula is C35H67O13P. The molecule has 290 valence electrons. The van der Waals surface area contributed by atoms with Gasteiger partial charge in [0.2, 0.25) is 0 Å². The van der Waals surface area contributed by atoms with Gasteiger partial charge in [0.05, 0.1) is 6.61 Å². The van der Waals surface area contributed by atoms with Crippen LogP contribution in [0.15, 0.2) is 0 Å². The van der Waals surface area contributed by atoms with Crippen LogP contribution < -0.4 is 0 Å². The molecule has 0 aromatic heterocycles. The van der Waals surface area contributed by atoms with E-state index in [4.69, 9.17) is 18.5 Å². The molecular weight excluding hydrogens is 659 g/mol. The van der Waals surface area contributed by atoms with Crippen molar-refractivity contribution < 1.29 is 63.1 Å². The van der Waals surface area contributed by atoms with Gasteiger partial charge in [0.25, 0.3) is 0 Å². The van der Waals surface area contributed by atoms with E-state index in [1.807, 2.05) is 0 Å². The van der Waals surface area contributed by atoms with Crippen LogP contribution in [0.4, 0.5) is 0 Å². The second kappa shape index (κ2) is 27.5. The molecule has 0 amide bonds. The Kier molecular flexibility index (Phi) is 25.7. The fraction of sp³-hybridized carbons (Fsp3) is 0.943. The number of unbranched alkanes of at least 4 members (excludes halogenated alkanes) is 18. The zero-order valence-electron chi connectivity index (χ0n) is 30.0. The Labute approximate surface area is 293 Å². The van der Waals surface area contributed by atoms with Crippen molar-refractivity contribution in [2.24, 2.45) is 0 Å². The molecule has 1 fully saturated rings. The average molecular weight is 727 g/mol. The second-order valence-electron chi connectivity index (χ2n) is 13.4. The van der Waals surface area contributed by atoms with Gasteiger partial charge in [-0.3, -0.25) is 18.6 Å². The SMILES string of the molecule is CCCCCCCCCCCCCCCCCC(=O)OC[C@H](COP(=O)(O)OC1[C@H](O)[C@H](O)C(O)[C@H](O)[C@H]1O)OC(=O)CCCCCCC. The molecule has 1 aliphatic carbocycles. The van der Waals surface area contributed by atoms with Gasteiger partial charge in [-0.1, -0.05) is 129 Å². The molecule has 3 unspecified atom stereocenters. The lowest BCUT2D eigenvalue weighted by molar-refractivity contribution is -0.220. The van der Waals surface area contributed by atoms with E-state index >= 15 is 0 Å². The van der Waals surface area contributed by atoms with E-state index in [0.717, 1.165) is 44.9 Å². The minimum absolute atomic E-state index is 0.0964. The van der Waals surface area contributed by atoms with Gasteiger partial charge >= 0.3 is 19.8 Å². The number of phosphoric ester groups is 1. The van der Waals surface area contributed by atoms with Gasteiger partial charge < -0.3 is 39.9 Å². The number of rotatable bonds is 30. The van der Waals surface area contributed by atoms with Crippen LogP contribution in [0.5, 0.6) is 0 Å². The van der Waals surface area contributed by atoms with Crippen molar-refractivity contribution in [1.82, 2.24) is 0 Å². The number of aliphatic hydroxyl groups excluding tert-OH is 5. The molecule has 0 heterocycles. The Morgan fingerprint density at radius 1 is 0.551 bits per heavy atom. The Bertz CT molecular complexity index is 891. The molecule has 14 heteroatoms. The van der Waals surface area contributed by atoms with Gasteiger partial charge in [-0.2, -0.15) is 0 Å². The van der Waals surface area contributed by atoms with Crippen molar-refractivity contribution in [1.29, 1.82) is 0 Å². The number of carbonyl (C=O) groups excluding carboxylic acids is 2. The van der Waals surface area contributed by atoms with Crippen LogP contribution in [-0.2, 0) is 32.7 Å². The van der Waals surface area contributed by atoms with Gasteiger partial charge in [-0.25, -0.2) is 4.57 Å². The van der Waals surface area contributed by atoms with Crippen LogP contribution in [0.3, 0.4) is 0 Å². The molecule has 0 spiro atoms. The topological polar surface area (TPSA) is 210 Å². The second-order valence-corrected chi connectivity index (χ2v) is 14.9. The quantitative estimate of drug-likeness (QED) is 0.0312. The van der Waals surface area contributed by atoms with Gasteiger partial charge in [0.15, 0.2) is 6.10 Å². The highest BCUT2D eigenvalue weighted by Crippen LogP contribution is 2.47. The van der Waals surface area contributed by atoms with E-state index < -0.39 is 75.7 Å². The van der Waals surface area contributed by atoms with E-state index in [9.17, 15) is 44.6 Å². The highest BCUT2D eigenvalue weighted by atomic mass is 31.2. The maximum Gasteiger partial charge on any atom is 0.472 e. The zero-order valence-corrected chi connectivity index (χ0v) is 30.9. The minimum Gasteiger partial charge on any atom is -0.462 e. The maximum atomic E-state index is 12.7. The van der Waals surface area contributed by atoms with Gasteiger partial charge in [0, 0.05) is 12.8 Å². The predicted octanol–water partition coefficient (Wildman–Crippen LogP) is 5.38. The third kappa shape index (κ3) is 21.1. The molecule has 1 saturated carbocycles. The average Bonchev–Trinajstić information content (AvgIpc) is 3.07. The molecule has 1 rings (SSSR count). The molecule has 0 radical (unpaired) electrons. The standard InChI is InChI=1S/C35H67O13P/c1-3-5-7-9-10-11-12-13-14-15-16-17-18-20-21-23-28(36)45-25-27(47-29(37)24-22-19-8-6-4-2)26-46-49(43,44)48-35-33(41)31(39)30(38)32(40)34(35)42/h27,30-35,38-42H,3-26H2,1-2H3,(H,43,44)/t27-,30?,31-,32+,33-,34-,35?/m1/s1. The number of hydrogen-bond acceptors (Lipinski definition) is 12. The van der Waals surface area contributed by atoms with Crippen LogP contribution in [-0.4, -0.2) is 98.3 Å². The molecule has 1 aliphatic rings. The third-order valence-corrected chi connectivity index (χ3v) is 9.93. The summed E-state index contributed by atoms with van der Waals surface area (Å²) >= 11 is 0. The van der Waals surface area contributed by atoms with Gasteiger partial charge in [-0.05, 0) is 12.8 Å². The zero-order chi connectivity index (χ0) is 36.5. The monoisotopic (exact) mass is 726 g/mol. The number of phosphoric acid groups is 1. The highest BCUT2D eigenvalue weighted by molar-refractivity contribution is 7.47. The molecule has 13 nitrogen and oxygen atoms in total. The number of aliphatic hydroxyl groups is 5. The number of esters is 2. The molecule has 8 atom stereocenters. The van der Waals surface area contributed by atoms with Crippen molar-refractivity contribution in [3.05, 3.63) is 0 Å². The Morgan fingerprint density at radius 3 is 1.35 bits per heavy atom. The van der Waals surface area contributed by atoms with Crippen molar-refractivity contribution in [3.8, 4) is 0 Å². The van der Waals surface area contributed by atoms with E-state index in [1.54, 1.807) is 0 Å². The largest absolute Gasteiger partial charge is 0.472 e. The molecule has 0 aromatic carbocycles. The first-order chi connectivity index (χ1) is 23.4. The Morgan fingerprint density at radius 2 is 0.918 bits per heavy atom.